The summed E-state index contributed by atoms with van der Waals surface area (Å²) < 4.78 is 16.2. The molecule has 1 amide bonds. The van der Waals surface area contributed by atoms with E-state index < -0.39 is 0 Å². The lowest BCUT2D eigenvalue weighted by atomic mass is 10.1. The SMILES string of the molecule is COc1cc(/C=C/C(=O)NCCCO[C@H](C)c2ccccc2)cc(OC)c1. The summed E-state index contributed by atoms with van der Waals surface area (Å²) in [6.07, 6.45) is 4.03. The summed E-state index contributed by atoms with van der Waals surface area (Å²) in [5.74, 6) is 1.21. The molecule has 1 atom stereocenters. The second-order valence-electron chi connectivity index (χ2n) is 6.05. The van der Waals surface area contributed by atoms with Gasteiger partial charge >= 0.3 is 0 Å². The van der Waals surface area contributed by atoms with Crippen molar-refractivity contribution < 1.29 is 19.0 Å². The van der Waals surface area contributed by atoms with Gasteiger partial charge in [-0.05, 0) is 42.7 Å². The van der Waals surface area contributed by atoms with E-state index in [1.165, 1.54) is 6.08 Å². The maximum atomic E-state index is 11.9. The van der Waals surface area contributed by atoms with Gasteiger partial charge in [-0.25, -0.2) is 0 Å². The molecule has 0 aromatic heterocycles. The van der Waals surface area contributed by atoms with Gasteiger partial charge < -0.3 is 19.5 Å². The summed E-state index contributed by atoms with van der Waals surface area (Å²) in [5.41, 5.74) is 1.99. The first-order chi connectivity index (χ1) is 13.1. The Kier molecular flexibility index (Phi) is 8.39. The molecular formula is C22H27NO4. The molecule has 0 bridgehead atoms. The normalized spacial score (nSPS) is 12.0. The number of carbonyl (C=O) groups is 1. The van der Waals surface area contributed by atoms with Gasteiger partial charge in [0.25, 0.3) is 0 Å². The quantitative estimate of drug-likeness (QED) is 0.508. The minimum atomic E-state index is -0.145. The number of benzene rings is 2. The van der Waals surface area contributed by atoms with E-state index in [9.17, 15) is 4.79 Å². The monoisotopic (exact) mass is 369 g/mol. The lowest BCUT2D eigenvalue weighted by molar-refractivity contribution is -0.116. The summed E-state index contributed by atoms with van der Waals surface area (Å²) in [5, 5.41) is 2.86. The minimum absolute atomic E-state index is 0.0461. The maximum absolute atomic E-state index is 11.9. The van der Waals surface area contributed by atoms with E-state index in [0.29, 0.717) is 24.7 Å². The Labute approximate surface area is 161 Å². The molecular weight excluding hydrogens is 342 g/mol. The van der Waals surface area contributed by atoms with Crippen LogP contribution in [0.4, 0.5) is 0 Å². The summed E-state index contributed by atoms with van der Waals surface area (Å²) in [7, 11) is 3.19. The molecule has 144 valence electrons. The van der Waals surface area contributed by atoms with Crippen molar-refractivity contribution in [2.24, 2.45) is 0 Å². The highest BCUT2D eigenvalue weighted by atomic mass is 16.5. The third-order valence-electron chi connectivity index (χ3n) is 4.06. The van der Waals surface area contributed by atoms with Crippen LogP contribution < -0.4 is 14.8 Å². The third-order valence-corrected chi connectivity index (χ3v) is 4.06. The van der Waals surface area contributed by atoms with E-state index >= 15 is 0 Å². The number of methoxy groups -OCH3 is 2. The molecule has 2 rings (SSSR count). The first-order valence-corrected chi connectivity index (χ1v) is 8.98. The van der Waals surface area contributed by atoms with E-state index in [-0.39, 0.29) is 12.0 Å². The van der Waals surface area contributed by atoms with Crippen molar-refractivity contribution in [1.29, 1.82) is 0 Å². The predicted octanol–water partition coefficient (Wildman–Crippen LogP) is 4.00. The molecule has 0 aliphatic heterocycles. The van der Waals surface area contributed by atoms with Gasteiger partial charge in [-0.1, -0.05) is 30.3 Å². The van der Waals surface area contributed by atoms with Gasteiger partial charge in [0.05, 0.1) is 20.3 Å². The molecule has 0 spiro atoms. The highest BCUT2D eigenvalue weighted by molar-refractivity contribution is 5.91. The second kappa shape index (κ2) is 11.0. The Morgan fingerprint density at radius 1 is 1.07 bits per heavy atom. The average Bonchev–Trinajstić information content (AvgIpc) is 2.72. The molecule has 0 radical (unpaired) electrons. The highest BCUT2D eigenvalue weighted by Crippen LogP contribution is 2.23. The molecule has 0 fully saturated rings. The molecule has 0 aliphatic rings. The molecule has 0 aliphatic carbocycles. The predicted molar refractivity (Wildman–Crippen MR) is 107 cm³/mol. The lowest BCUT2D eigenvalue weighted by Crippen LogP contribution is -2.23. The summed E-state index contributed by atoms with van der Waals surface area (Å²) in [4.78, 5) is 11.9. The van der Waals surface area contributed by atoms with Crippen LogP contribution in [0.3, 0.4) is 0 Å². The van der Waals surface area contributed by atoms with Crippen molar-refractivity contribution >= 4 is 12.0 Å². The lowest BCUT2D eigenvalue weighted by Gasteiger charge is -2.13. The number of ether oxygens (including phenoxy) is 3. The van der Waals surface area contributed by atoms with E-state index in [0.717, 1.165) is 17.5 Å². The molecule has 0 heterocycles. The zero-order chi connectivity index (χ0) is 19.5. The van der Waals surface area contributed by atoms with E-state index in [4.69, 9.17) is 14.2 Å². The number of hydrogen-bond acceptors (Lipinski definition) is 4. The number of carbonyl (C=O) groups excluding carboxylic acids is 1. The molecule has 2 aromatic rings. The Balaban J connectivity index is 1.71. The van der Waals surface area contributed by atoms with Crippen LogP contribution in [-0.2, 0) is 9.53 Å². The Bertz CT molecular complexity index is 721. The molecule has 0 saturated heterocycles. The largest absolute Gasteiger partial charge is 0.497 e. The Morgan fingerprint density at radius 2 is 1.74 bits per heavy atom. The summed E-state index contributed by atoms with van der Waals surface area (Å²) in [6, 6.07) is 15.5. The zero-order valence-corrected chi connectivity index (χ0v) is 16.1. The van der Waals surface area contributed by atoms with E-state index in [1.807, 2.05) is 49.4 Å². The standard InChI is InChI=1S/C22H27NO4/c1-17(19-8-5-4-6-9-19)27-13-7-12-23-22(24)11-10-18-14-20(25-2)16-21(15-18)26-3/h4-6,8-11,14-17H,7,12-13H2,1-3H3,(H,23,24)/b11-10+/t17-/m1/s1. The van der Waals surface area contributed by atoms with Crippen molar-refractivity contribution in [3.05, 3.63) is 65.7 Å². The van der Waals surface area contributed by atoms with Gasteiger partial charge in [-0.15, -0.1) is 0 Å². The fraction of sp³-hybridized carbons (Fsp3) is 0.318. The topological polar surface area (TPSA) is 56.8 Å². The van der Waals surface area contributed by atoms with Crippen molar-refractivity contribution in [2.75, 3.05) is 27.4 Å². The van der Waals surface area contributed by atoms with E-state index in [2.05, 4.69) is 5.32 Å². The first-order valence-electron chi connectivity index (χ1n) is 8.98. The summed E-state index contributed by atoms with van der Waals surface area (Å²) in [6.45, 7) is 3.18. The van der Waals surface area contributed by atoms with Gasteiger partial charge in [0.15, 0.2) is 0 Å². The molecule has 0 unspecified atom stereocenters. The van der Waals surface area contributed by atoms with Crippen LogP contribution in [0.2, 0.25) is 0 Å². The molecule has 0 saturated carbocycles. The molecule has 5 nitrogen and oxygen atoms in total. The van der Waals surface area contributed by atoms with Crippen LogP contribution in [0.1, 0.15) is 30.6 Å². The van der Waals surface area contributed by atoms with Gasteiger partial charge in [0.1, 0.15) is 11.5 Å². The number of rotatable bonds is 10. The second-order valence-corrected chi connectivity index (χ2v) is 6.05. The summed E-state index contributed by atoms with van der Waals surface area (Å²) >= 11 is 0. The van der Waals surface area contributed by atoms with Crippen molar-refractivity contribution in [1.82, 2.24) is 5.32 Å². The van der Waals surface area contributed by atoms with Gasteiger partial charge in [0, 0.05) is 25.3 Å². The van der Waals surface area contributed by atoms with Gasteiger partial charge in [-0.2, -0.15) is 0 Å². The number of hydrogen-bond donors (Lipinski definition) is 1. The van der Waals surface area contributed by atoms with Gasteiger partial charge in [0.2, 0.25) is 5.91 Å². The van der Waals surface area contributed by atoms with Crippen LogP contribution in [0.25, 0.3) is 6.08 Å². The van der Waals surface area contributed by atoms with Crippen molar-refractivity contribution in [3.63, 3.8) is 0 Å². The molecule has 1 N–H and O–H groups in total. The zero-order valence-electron chi connectivity index (χ0n) is 16.1. The Hall–Kier alpha value is -2.79. The molecule has 2 aromatic carbocycles. The van der Waals surface area contributed by atoms with Crippen LogP contribution in [0, 0.1) is 0 Å². The molecule has 5 heteroatoms. The maximum Gasteiger partial charge on any atom is 0.244 e. The fourth-order valence-electron chi connectivity index (χ4n) is 2.52. The van der Waals surface area contributed by atoms with E-state index in [1.54, 1.807) is 26.4 Å². The first kappa shape index (κ1) is 20.5. The smallest absolute Gasteiger partial charge is 0.244 e. The van der Waals surface area contributed by atoms with Crippen LogP contribution in [0.15, 0.2) is 54.6 Å². The number of amides is 1. The fourth-order valence-corrected chi connectivity index (χ4v) is 2.52. The number of nitrogens with one attached hydrogen (secondary N) is 1. The van der Waals surface area contributed by atoms with Crippen LogP contribution >= 0.6 is 0 Å². The van der Waals surface area contributed by atoms with Gasteiger partial charge in [-0.3, -0.25) is 4.79 Å². The third kappa shape index (κ3) is 7.15. The van der Waals surface area contributed by atoms with Crippen molar-refractivity contribution in [2.45, 2.75) is 19.4 Å². The average molecular weight is 369 g/mol. The minimum Gasteiger partial charge on any atom is -0.497 e. The van der Waals surface area contributed by atoms with Crippen LogP contribution in [-0.4, -0.2) is 33.3 Å². The van der Waals surface area contributed by atoms with Crippen molar-refractivity contribution in [3.8, 4) is 11.5 Å². The Morgan fingerprint density at radius 3 is 2.37 bits per heavy atom. The highest BCUT2D eigenvalue weighted by Gasteiger charge is 2.04. The molecule has 27 heavy (non-hydrogen) atoms. The van der Waals surface area contributed by atoms with Crippen LogP contribution in [0.5, 0.6) is 11.5 Å².